The first-order valence-electron chi connectivity index (χ1n) is 29.2. The number of phenols is 1. The summed E-state index contributed by atoms with van der Waals surface area (Å²) >= 11 is 3.36. The summed E-state index contributed by atoms with van der Waals surface area (Å²) in [5, 5.41) is 13.3. The van der Waals surface area contributed by atoms with Crippen LogP contribution in [0.5, 0.6) is 17.2 Å². The van der Waals surface area contributed by atoms with Crippen molar-refractivity contribution in [3.63, 3.8) is 0 Å². The van der Waals surface area contributed by atoms with E-state index in [9.17, 15) is 14.7 Å². The van der Waals surface area contributed by atoms with Gasteiger partial charge in [0.15, 0.2) is 0 Å². The Labute approximate surface area is 551 Å². The van der Waals surface area contributed by atoms with Gasteiger partial charge in [0.25, 0.3) is 0 Å². The van der Waals surface area contributed by atoms with E-state index in [1.54, 1.807) is 31.7 Å². The molecule has 0 unspecified atom stereocenters. The molecule has 0 atom stereocenters. The first kappa shape index (κ1) is 68.5. The summed E-state index contributed by atoms with van der Waals surface area (Å²) in [4.78, 5) is 38.1. The van der Waals surface area contributed by atoms with Crippen LogP contribution >= 0.6 is 15.9 Å². The number of aryl methyl sites for hydroxylation is 4. The van der Waals surface area contributed by atoms with Gasteiger partial charge in [-0.05, 0) is 93.7 Å². The van der Waals surface area contributed by atoms with Gasteiger partial charge < -0.3 is 35.4 Å². The van der Waals surface area contributed by atoms with Crippen LogP contribution in [-0.4, -0.2) is 47.1 Å². The molecule has 0 radical (unpaired) electrons. The summed E-state index contributed by atoms with van der Waals surface area (Å²) in [7, 11) is 3.84. The third-order valence-electron chi connectivity index (χ3n) is 13.7. The number of halogens is 1. The number of aromatic hydroxyl groups is 1. The number of nitrogens with zero attached hydrogens (tertiary/aromatic N) is 6. The molecule has 88 heavy (non-hydrogen) atoms. The van der Waals surface area contributed by atoms with Crippen molar-refractivity contribution in [1.82, 2.24) is 29.3 Å². The number of rotatable bonds is 18. The third kappa shape index (κ3) is 22.9. The van der Waals surface area contributed by atoms with E-state index in [0.29, 0.717) is 32.8 Å². The molecule has 2 amide bonds. The normalized spacial score (nSPS) is 10.8. The van der Waals surface area contributed by atoms with E-state index in [1.165, 1.54) is 23.6 Å². The molecular formula is C74H79BrN7NaO5. The Morgan fingerprint density at radius 3 is 1.50 bits per heavy atom. The molecule has 0 aliphatic carbocycles. The van der Waals surface area contributed by atoms with Gasteiger partial charge in [0.1, 0.15) is 30.5 Å². The molecule has 2 N–H and O–H groups in total. The SMILES string of the molecule is BrCc1ccccc1.CC(=O)N(Cc1ccccc1)Cc1cccc(COc2ccccc2C2=CCC=N2)c1.CC(=O)NCc1cccc(COc2ccccc2-c2cn(C)cn2)c1.CCc1cccc(CC)c1.Cn1cnc(-c2ccccc2O)c1.[H-].[Na+]. The first-order chi connectivity index (χ1) is 42.4. The third-order valence-corrected chi connectivity index (χ3v) is 14.4. The van der Waals surface area contributed by atoms with Crippen molar-refractivity contribution >= 4 is 39.7 Å². The van der Waals surface area contributed by atoms with Crippen LogP contribution in [0.3, 0.4) is 0 Å². The van der Waals surface area contributed by atoms with Gasteiger partial charge in [-0.25, -0.2) is 9.97 Å². The second-order valence-corrected chi connectivity index (χ2v) is 21.2. The minimum Gasteiger partial charge on any atom is -1.00 e. The number of ether oxygens (including phenoxy) is 2. The maximum absolute atomic E-state index is 12.2. The average molecular weight is 1250 g/mol. The molecule has 1 aliphatic rings. The second-order valence-electron chi connectivity index (χ2n) is 20.6. The fourth-order valence-electron chi connectivity index (χ4n) is 9.09. The number of amides is 2. The molecule has 3 heterocycles. The molecule has 448 valence electrons. The summed E-state index contributed by atoms with van der Waals surface area (Å²) in [6.07, 6.45) is 14.5. The van der Waals surface area contributed by atoms with Crippen molar-refractivity contribution < 1.29 is 55.2 Å². The number of alkyl halides is 1. The molecule has 8 aromatic carbocycles. The molecule has 0 saturated heterocycles. The van der Waals surface area contributed by atoms with Crippen LogP contribution in [0.4, 0.5) is 0 Å². The molecule has 2 aromatic heterocycles. The summed E-state index contributed by atoms with van der Waals surface area (Å²) in [6, 6.07) is 68.4. The van der Waals surface area contributed by atoms with Gasteiger partial charge in [-0.1, -0.05) is 206 Å². The Morgan fingerprint density at radius 1 is 0.557 bits per heavy atom. The number of allylic oxidation sites excluding steroid dienone is 1. The largest absolute Gasteiger partial charge is 1.00 e. The number of aliphatic imine (C=N–C) groups is 1. The summed E-state index contributed by atoms with van der Waals surface area (Å²) in [5.41, 5.74) is 15.0. The average Bonchev–Trinajstić information content (AvgIpc) is 4.58. The minimum absolute atomic E-state index is 0. The molecular weight excluding hydrogens is 1170 g/mol. The van der Waals surface area contributed by atoms with Gasteiger partial charge in [0.05, 0.1) is 29.7 Å². The monoisotopic (exact) mass is 1250 g/mol. The number of phenolic OH excluding ortho intramolecular Hbond substituents is 1. The fraction of sp³-hybridized carbons (Fsp3) is 0.203. The van der Waals surface area contributed by atoms with Crippen molar-refractivity contribution in [3.8, 4) is 39.8 Å². The van der Waals surface area contributed by atoms with Gasteiger partial charge >= 0.3 is 29.6 Å². The zero-order valence-electron chi connectivity index (χ0n) is 52.6. The second kappa shape index (κ2) is 37.2. The number of hydrogen-bond donors (Lipinski definition) is 2. The quantitative estimate of drug-likeness (QED) is 0.0645. The Bertz CT molecular complexity index is 3780. The predicted molar refractivity (Wildman–Crippen MR) is 357 cm³/mol. The van der Waals surface area contributed by atoms with Crippen LogP contribution in [0.2, 0.25) is 0 Å². The number of carbonyl (C=O) groups is 2. The van der Waals surface area contributed by atoms with Crippen LogP contribution < -0.4 is 44.3 Å². The molecule has 0 fully saturated rings. The maximum Gasteiger partial charge on any atom is 1.00 e. The van der Waals surface area contributed by atoms with E-state index in [4.69, 9.17) is 9.47 Å². The molecule has 14 heteroatoms. The fourth-order valence-corrected chi connectivity index (χ4v) is 9.46. The Kier molecular flexibility index (Phi) is 29.0. The van der Waals surface area contributed by atoms with E-state index in [0.717, 1.165) is 97.7 Å². The van der Waals surface area contributed by atoms with Crippen molar-refractivity contribution in [2.45, 2.75) is 85.1 Å². The summed E-state index contributed by atoms with van der Waals surface area (Å²) in [6.45, 7) is 10.1. The van der Waals surface area contributed by atoms with Crippen molar-refractivity contribution in [2.75, 3.05) is 0 Å². The Balaban J connectivity index is 0.000000220. The maximum atomic E-state index is 12.2. The van der Waals surface area contributed by atoms with Gasteiger partial charge in [-0.15, -0.1) is 0 Å². The van der Waals surface area contributed by atoms with Crippen molar-refractivity contribution in [2.24, 2.45) is 19.1 Å². The Hall–Kier alpha value is -8.59. The predicted octanol–water partition coefficient (Wildman–Crippen LogP) is 13.2. The molecule has 12 nitrogen and oxygen atoms in total. The number of hydrogen-bond acceptors (Lipinski definition) is 8. The van der Waals surface area contributed by atoms with E-state index in [-0.39, 0.29) is 48.5 Å². The van der Waals surface area contributed by atoms with E-state index >= 15 is 0 Å². The Morgan fingerprint density at radius 2 is 1.00 bits per heavy atom. The number of aromatic nitrogens is 4. The van der Waals surface area contributed by atoms with E-state index in [2.05, 4.69) is 111 Å². The zero-order chi connectivity index (χ0) is 61.6. The molecule has 11 rings (SSSR count). The topological polar surface area (TPSA) is 136 Å². The van der Waals surface area contributed by atoms with Crippen molar-refractivity contribution in [1.29, 1.82) is 0 Å². The number of nitrogens with one attached hydrogen (secondary N) is 1. The number of para-hydroxylation sites is 3. The van der Waals surface area contributed by atoms with Crippen LogP contribution in [0.15, 0.2) is 242 Å². The van der Waals surface area contributed by atoms with Crippen LogP contribution in [0.1, 0.15) is 85.6 Å². The standard InChI is InChI=1S/C27H26N2O2.C20H21N3O2.C10H10N2O.C10H14.C7H7Br.Na.H/c1-21(30)29(18-22-9-3-2-4-10-22)19-23-11-7-12-24(17-23)20-31-27-15-6-5-13-25(27)26-14-8-16-28-26;1-15(24)21-11-16-6-5-7-17(10-16)13-25-20-9-4-3-8-18(20)19-12-23(2)14-22-19;1-12-6-9(11-7-12)8-4-2-3-5-10(8)13;1-3-9-6-5-7-10(4-2)8-9;8-6-7-4-2-1-3-5-7;;/h2-7,9-17H,8,18-20H2,1H3;3-10,12,14H,11,13H2,1-2H3,(H,21,24);2-7,13H,1H3;5-8H,3-4H2,1-2H3;1-5H,6H2;;/q;;;;;+1;-1. The molecule has 0 saturated carbocycles. The minimum atomic E-state index is -0.0362. The van der Waals surface area contributed by atoms with E-state index < -0.39 is 0 Å². The van der Waals surface area contributed by atoms with Gasteiger partial charge in [-0.3, -0.25) is 14.6 Å². The van der Waals surface area contributed by atoms with Gasteiger partial charge in [-0.2, -0.15) is 0 Å². The number of carbonyl (C=O) groups excluding carboxylic acids is 2. The van der Waals surface area contributed by atoms with E-state index in [1.807, 2.05) is 186 Å². The number of imidazole rings is 2. The van der Waals surface area contributed by atoms with Crippen LogP contribution in [0.25, 0.3) is 28.2 Å². The molecule has 10 aromatic rings. The van der Waals surface area contributed by atoms with Crippen LogP contribution in [-0.2, 0) is 74.7 Å². The smallest absolute Gasteiger partial charge is 1.00 e. The molecule has 1 aliphatic heterocycles. The summed E-state index contributed by atoms with van der Waals surface area (Å²) in [5.74, 6) is 1.91. The van der Waals surface area contributed by atoms with Gasteiger partial charge in [0, 0.05) is 94.6 Å². The first-order valence-corrected chi connectivity index (χ1v) is 30.3. The van der Waals surface area contributed by atoms with Crippen LogP contribution in [0, 0.1) is 0 Å². The molecule has 0 spiro atoms. The number of benzene rings is 8. The summed E-state index contributed by atoms with van der Waals surface area (Å²) < 4.78 is 15.9. The molecule has 0 bridgehead atoms. The zero-order valence-corrected chi connectivity index (χ0v) is 55.2. The van der Waals surface area contributed by atoms with Crippen molar-refractivity contribution in [3.05, 3.63) is 287 Å². The van der Waals surface area contributed by atoms with Gasteiger partial charge in [0.2, 0.25) is 11.8 Å².